The molecular formula is C14H28N2O3. The maximum Gasteiger partial charge on any atom is 0.325 e. The van der Waals surface area contributed by atoms with Gasteiger partial charge in [-0.3, -0.25) is 14.5 Å². The molecule has 2 atom stereocenters. The van der Waals surface area contributed by atoms with Crippen molar-refractivity contribution in [1.82, 2.24) is 10.2 Å². The van der Waals surface area contributed by atoms with Crippen molar-refractivity contribution >= 4 is 11.9 Å². The number of carboxylic acids is 1. The maximum absolute atomic E-state index is 12.3. The molecule has 1 amide bonds. The molecule has 5 heteroatoms. The van der Waals surface area contributed by atoms with Gasteiger partial charge in [-0.15, -0.1) is 0 Å². The number of carbonyl (C=O) groups excluding carboxylic acids is 1. The van der Waals surface area contributed by atoms with E-state index >= 15 is 0 Å². The predicted octanol–water partition coefficient (Wildman–Crippen LogP) is 1.72. The first-order valence-electron chi connectivity index (χ1n) is 7.12. The second-order valence-electron chi connectivity index (χ2n) is 5.29. The van der Waals surface area contributed by atoms with Gasteiger partial charge >= 0.3 is 5.97 Å². The lowest BCUT2D eigenvalue weighted by Gasteiger charge is -2.33. The maximum atomic E-state index is 12.3. The second-order valence-corrected chi connectivity index (χ2v) is 5.29. The van der Waals surface area contributed by atoms with Crippen LogP contribution >= 0.6 is 0 Å². The molecule has 0 spiro atoms. The van der Waals surface area contributed by atoms with Crippen molar-refractivity contribution in [1.29, 1.82) is 0 Å². The highest BCUT2D eigenvalue weighted by atomic mass is 16.4. The molecule has 19 heavy (non-hydrogen) atoms. The number of aliphatic carboxylic acids is 1. The van der Waals surface area contributed by atoms with Crippen molar-refractivity contribution < 1.29 is 14.7 Å². The van der Waals surface area contributed by atoms with Gasteiger partial charge in [0.05, 0.1) is 6.04 Å². The van der Waals surface area contributed by atoms with Crippen LogP contribution in [0, 0.1) is 5.92 Å². The molecule has 5 nitrogen and oxygen atoms in total. The Morgan fingerprint density at radius 2 is 1.58 bits per heavy atom. The smallest absolute Gasteiger partial charge is 0.325 e. The van der Waals surface area contributed by atoms with E-state index in [2.05, 4.69) is 24.1 Å². The minimum Gasteiger partial charge on any atom is -0.480 e. The van der Waals surface area contributed by atoms with Crippen LogP contribution in [-0.2, 0) is 9.59 Å². The summed E-state index contributed by atoms with van der Waals surface area (Å²) in [6, 6.07) is -1.11. The summed E-state index contributed by atoms with van der Waals surface area (Å²) in [4.78, 5) is 25.2. The van der Waals surface area contributed by atoms with Crippen LogP contribution in [0.25, 0.3) is 0 Å². The fourth-order valence-corrected chi connectivity index (χ4v) is 2.22. The van der Waals surface area contributed by atoms with Gasteiger partial charge in [-0.25, -0.2) is 0 Å². The summed E-state index contributed by atoms with van der Waals surface area (Å²) in [5.41, 5.74) is 0. The lowest BCUT2D eigenvalue weighted by Crippen LogP contribution is -2.53. The zero-order valence-corrected chi connectivity index (χ0v) is 12.8. The number of nitrogens with one attached hydrogen (secondary N) is 1. The molecule has 0 saturated carbocycles. The monoisotopic (exact) mass is 272 g/mol. The van der Waals surface area contributed by atoms with Gasteiger partial charge in [-0.05, 0) is 38.8 Å². The Kier molecular flexibility index (Phi) is 8.39. The van der Waals surface area contributed by atoms with Crippen molar-refractivity contribution in [2.24, 2.45) is 5.92 Å². The SMILES string of the molecule is CCCN(CCC)C(C(=O)NC(C)C(=O)O)C(C)C. The fraction of sp³-hybridized carbons (Fsp3) is 0.857. The van der Waals surface area contributed by atoms with E-state index in [0.29, 0.717) is 0 Å². The first kappa shape index (κ1) is 17.9. The number of amides is 1. The molecule has 0 aliphatic heterocycles. The van der Waals surface area contributed by atoms with Crippen molar-refractivity contribution in [3.05, 3.63) is 0 Å². The molecule has 2 unspecified atom stereocenters. The van der Waals surface area contributed by atoms with Crippen LogP contribution < -0.4 is 5.32 Å². The van der Waals surface area contributed by atoms with E-state index in [1.54, 1.807) is 0 Å². The van der Waals surface area contributed by atoms with Crippen LogP contribution in [-0.4, -0.2) is 47.1 Å². The summed E-state index contributed by atoms with van der Waals surface area (Å²) in [6.45, 7) is 11.3. The van der Waals surface area contributed by atoms with Crippen LogP contribution in [0.15, 0.2) is 0 Å². The lowest BCUT2D eigenvalue weighted by molar-refractivity contribution is -0.142. The van der Waals surface area contributed by atoms with E-state index in [4.69, 9.17) is 5.11 Å². The molecule has 0 aromatic carbocycles. The number of carboxylic acid groups (broad SMARTS) is 1. The number of nitrogens with zero attached hydrogens (tertiary/aromatic N) is 1. The Morgan fingerprint density at radius 3 is 1.89 bits per heavy atom. The molecule has 2 N–H and O–H groups in total. The molecule has 0 radical (unpaired) electrons. The molecule has 0 saturated heterocycles. The molecule has 112 valence electrons. The van der Waals surface area contributed by atoms with Gasteiger partial charge in [0, 0.05) is 0 Å². The summed E-state index contributed by atoms with van der Waals surface area (Å²) in [5, 5.41) is 11.4. The molecule has 0 aliphatic rings. The number of carbonyl (C=O) groups is 2. The van der Waals surface area contributed by atoms with Crippen molar-refractivity contribution in [3.8, 4) is 0 Å². The highest BCUT2D eigenvalue weighted by Gasteiger charge is 2.29. The Balaban J connectivity index is 4.85. The third-order valence-electron chi connectivity index (χ3n) is 3.04. The van der Waals surface area contributed by atoms with Gasteiger partial charge in [0.15, 0.2) is 0 Å². The average molecular weight is 272 g/mol. The Hall–Kier alpha value is -1.10. The third-order valence-corrected chi connectivity index (χ3v) is 3.04. The summed E-state index contributed by atoms with van der Waals surface area (Å²) < 4.78 is 0. The number of hydrogen-bond donors (Lipinski definition) is 2. The van der Waals surface area contributed by atoms with Gasteiger partial charge < -0.3 is 10.4 Å². The van der Waals surface area contributed by atoms with Crippen LogP contribution in [0.4, 0.5) is 0 Å². The summed E-state index contributed by atoms with van der Waals surface area (Å²) in [6.07, 6.45) is 1.95. The Labute approximate surface area is 116 Å². The standard InChI is InChI=1S/C14H28N2O3/c1-6-8-16(9-7-2)12(10(3)4)13(17)15-11(5)14(18)19/h10-12H,6-9H2,1-5H3,(H,15,17)(H,18,19). The molecule has 0 heterocycles. The van der Waals surface area contributed by atoms with Crippen LogP contribution in [0.2, 0.25) is 0 Å². The third kappa shape index (κ3) is 6.05. The first-order chi connectivity index (χ1) is 8.84. The summed E-state index contributed by atoms with van der Waals surface area (Å²) in [7, 11) is 0. The molecule has 0 bridgehead atoms. The second kappa shape index (κ2) is 8.91. The predicted molar refractivity (Wildman–Crippen MR) is 76.0 cm³/mol. The lowest BCUT2D eigenvalue weighted by atomic mass is 10.0. The van der Waals surface area contributed by atoms with Gasteiger partial charge in [-0.2, -0.15) is 0 Å². The van der Waals surface area contributed by atoms with E-state index < -0.39 is 12.0 Å². The van der Waals surface area contributed by atoms with Crippen LogP contribution in [0.5, 0.6) is 0 Å². The van der Waals surface area contributed by atoms with Crippen molar-refractivity contribution in [2.45, 2.75) is 59.5 Å². The van der Waals surface area contributed by atoms with Crippen molar-refractivity contribution in [3.63, 3.8) is 0 Å². The molecule has 0 fully saturated rings. The molecule has 0 aromatic heterocycles. The van der Waals surface area contributed by atoms with Crippen LogP contribution in [0.1, 0.15) is 47.5 Å². The van der Waals surface area contributed by atoms with Crippen LogP contribution in [0.3, 0.4) is 0 Å². The minimum absolute atomic E-state index is 0.152. The Morgan fingerprint density at radius 1 is 1.11 bits per heavy atom. The van der Waals surface area contributed by atoms with Crippen molar-refractivity contribution in [2.75, 3.05) is 13.1 Å². The van der Waals surface area contributed by atoms with E-state index in [9.17, 15) is 9.59 Å². The Bertz CT molecular complexity index is 286. The highest BCUT2D eigenvalue weighted by molar-refractivity contribution is 5.86. The van der Waals surface area contributed by atoms with Gasteiger partial charge in [0.2, 0.25) is 5.91 Å². The quantitative estimate of drug-likeness (QED) is 0.670. The van der Waals surface area contributed by atoms with Gasteiger partial charge in [0.1, 0.15) is 6.04 Å². The zero-order valence-electron chi connectivity index (χ0n) is 12.8. The molecule has 0 aromatic rings. The summed E-state index contributed by atoms with van der Waals surface area (Å²) >= 11 is 0. The topological polar surface area (TPSA) is 69.6 Å². The zero-order chi connectivity index (χ0) is 15.0. The summed E-state index contributed by atoms with van der Waals surface area (Å²) in [5.74, 6) is -1.04. The van der Waals surface area contributed by atoms with E-state index in [-0.39, 0.29) is 17.9 Å². The fourth-order valence-electron chi connectivity index (χ4n) is 2.22. The van der Waals surface area contributed by atoms with E-state index in [1.807, 2.05) is 13.8 Å². The molecular weight excluding hydrogens is 244 g/mol. The minimum atomic E-state index is -1.01. The normalized spacial score (nSPS) is 14.5. The van der Waals surface area contributed by atoms with E-state index in [1.165, 1.54) is 6.92 Å². The first-order valence-corrected chi connectivity index (χ1v) is 7.12. The molecule has 0 aliphatic carbocycles. The average Bonchev–Trinajstić information content (AvgIpc) is 2.28. The number of rotatable bonds is 9. The van der Waals surface area contributed by atoms with E-state index in [0.717, 1.165) is 25.9 Å². The largest absolute Gasteiger partial charge is 0.480 e. The number of hydrogen-bond acceptors (Lipinski definition) is 3. The highest BCUT2D eigenvalue weighted by Crippen LogP contribution is 2.13. The van der Waals surface area contributed by atoms with Gasteiger partial charge in [-0.1, -0.05) is 27.7 Å². The van der Waals surface area contributed by atoms with Gasteiger partial charge in [0.25, 0.3) is 0 Å². The molecule has 0 rings (SSSR count).